The Morgan fingerprint density at radius 1 is 1.05 bits per heavy atom. The second kappa shape index (κ2) is 8.07. The van der Waals surface area contributed by atoms with Gasteiger partial charge in [-0.15, -0.1) is 23.2 Å². The van der Waals surface area contributed by atoms with Crippen LogP contribution in [-0.4, -0.2) is 11.0 Å². The molecule has 0 bridgehead atoms. The summed E-state index contributed by atoms with van der Waals surface area (Å²) in [6, 6.07) is 8.43. The lowest BCUT2D eigenvalue weighted by atomic mass is 10.3. The fraction of sp³-hybridized carbons (Fsp3) is 0.400. The molecule has 1 aromatic carbocycles. The quantitative estimate of drug-likeness (QED) is 0.330. The molecule has 2 N–H and O–H groups in total. The van der Waals surface area contributed by atoms with Gasteiger partial charge in [-0.3, -0.25) is 0 Å². The summed E-state index contributed by atoms with van der Waals surface area (Å²) in [7, 11) is -3.94. The summed E-state index contributed by atoms with van der Waals surface area (Å²) in [4.78, 5) is 0. The van der Waals surface area contributed by atoms with Crippen molar-refractivity contribution in [2.75, 3.05) is 0 Å². The molecule has 6 nitrogen and oxygen atoms in total. The first kappa shape index (κ1) is 16.7. The first-order valence-corrected chi connectivity index (χ1v) is 7.76. The molecule has 0 saturated carbocycles. The SMILES string of the molecule is CC(Cl)NOP(=O)(ONC(C)Cl)Oc1ccccc1. The van der Waals surface area contributed by atoms with E-state index in [1.54, 1.807) is 44.2 Å². The number of nitrogens with one attached hydrogen (secondary N) is 2. The number of hydroxylamine groups is 2. The number of alkyl halides is 2. The Balaban J connectivity index is 2.70. The van der Waals surface area contributed by atoms with Crippen LogP contribution in [0.4, 0.5) is 0 Å². The zero-order valence-electron chi connectivity index (χ0n) is 10.4. The van der Waals surface area contributed by atoms with E-state index in [9.17, 15) is 4.57 Å². The number of benzene rings is 1. The molecular weight excluding hydrogens is 314 g/mol. The summed E-state index contributed by atoms with van der Waals surface area (Å²) in [6.45, 7) is 3.18. The van der Waals surface area contributed by atoms with Crippen LogP contribution in [0.15, 0.2) is 30.3 Å². The van der Waals surface area contributed by atoms with Gasteiger partial charge in [0, 0.05) is 0 Å². The third-order valence-electron chi connectivity index (χ3n) is 1.61. The normalized spacial score (nSPS) is 17.5. The van der Waals surface area contributed by atoms with E-state index in [0.29, 0.717) is 5.75 Å². The van der Waals surface area contributed by atoms with Gasteiger partial charge >= 0.3 is 7.82 Å². The Morgan fingerprint density at radius 2 is 1.53 bits per heavy atom. The molecule has 0 amide bonds. The number of halogens is 2. The van der Waals surface area contributed by atoms with Gasteiger partial charge in [-0.25, -0.2) is 4.57 Å². The molecule has 0 radical (unpaired) electrons. The molecule has 0 saturated heterocycles. The molecule has 0 heterocycles. The molecule has 0 aliphatic rings. The van der Waals surface area contributed by atoms with E-state index in [0.717, 1.165) is 0 Å². The van der Waals surface area contributed by atoms with Crippen molar-refractivity contribution in [3.8, 4) is 5.75 Å². The zero-order valence-corrected chi connectivity index (χ0v) is 12.8. The van der Waals surface area contributed by atoms with E-state index in [-0.39, 0.29) is 0 Å². The van der Waals surface area contributed by atoms with E-state index < -0.39 is 18.8 Å². The van der Waals surface area contributed by atoms with Crippen molar-refractivity contribution >= 4 is 31.0 Å². The van der Waals surface area contributed by atoms with E-state index in [4.69, 9.17) is 37.0 Å². The molecule has 0 aromatic heterocycles. The number of hydrogen-bond acceptors (Lipinski definition) is 6. The fourth-order valence-corrected chi connectivity index (χ4v) is 2.22. The monoisotopic (exact) mass is 328 g/mol. The third-order valence-corrected chi connectivity index (χ3v) is 2.88. The summed E-state index contributed by atoms with van der Waals surface area (Å²) in [5, 5.41) is 0. The van der Waals surface area contributed by atoms with Crippen LogP contribution in [0.3, 0.4) is 0 Å². The zero-order chi connectivity index (χ0) is 14.3. The average Bonchev–Trinajstić information content (AvgIpc) is 2.36. The summed E-state index contributed by atoms with van der Waals surface area (Å²) in [5.74, 6) is 0.318. The molecule has 0 spiro atoms. The second-order valence-electron chi connectivity index (χ2n) is 3.50. The van der Waals surface area contributed by atoms with Crippen molar-refractivity contribution in [1.82, 2.24) is 11.0 Å². The molecule has 108 valence electrons. The van der Waals surface area contributed by atoms with E-state index >= 15 is 0 Å². The Labute approximate surface area is 121 Å². The molecule has 2 atom stereocenters. The van der Waals surface area contributed by atoms with Gasteiger partial charge in [-0.2, -0.15) is 20.2 Å². The highest BCUT2D eigenvalue weighted by atomic mass is 35.5. The van der Waals surface area contributed by atoms with Gasteiger partial charge in [0.05, 0.1) is 0 Å². The van der Waals surface area contributed by atoms with Crippen LogP contribution in [0.2, 0.25) is 0 Å². The number of hydrogen-bond donors (Lipinski definition) is 2. The highest BCUT2D eigenvalue weighted by Crippen LogP contribution is 2.47. The molecule has 1 aromatic rings. The lowest BCUT2D eigenvalue weighted by Gasteiger charge is -2.19. The van der Waals surface area contributed by atoms with Gasteiger partial charge in [-0.1, -0.05) is 18.2 Å². The van der Waals surface area contributed by atoms with Gasteiger partial charge in [0.25, 0.3) is 0 Å². The summed E-state index contributed by atoms with van der Waals surface area (Å²) in [5.41, 5.74) is 3.44. The first-order chi connectivity index (χ1) is 8.91. The van der Waals surface area contributed by atoms with Crippen LogP contribution < -0.4 is 15.5 Å². The predicted octanol–water partition coefficient (Wildman–Crippen LogP) is 3.39. The third kappa shape index (κ3) is 7.13. The fourth-order valence-electron chi connectivity index (χ4n) is 0.941. The summed E-state index contributed by atoms with van der Waals surface area (Å²) in [6.07, 6.45) is 0. The minimum absolute atomic E-state index is 0.318. The minimum Gasteiger partial charge on any atom is -0.402 e. The van der Waals surface area contributed by atoms with Crippen molar-refractivity contribution in [3.05, 3.63) is 30.3 Å². The van der Waals surface area contributed by atoms with Gasteiger partial charge < -0.3 is 4.52 Å². The van der Waals surface area contributed by atoms with Crippen molar-refractivity contribution in [3.63, 3.8) is 0 Å². The van der Waals surface area contributed by atoms with Crippen LogP contribution in [0, 0.1) is 0 Å². The van der Waals surface area contributed by atoms with Gasteiger partial charge in [0.1, 0.15) is 16.8 Å². The lowest BCUT2D eigenvalue weighted by Crippen LogP contribution is -2.26. The Kier molecular flexibility index (Phi) is 7.10. The van der Waals surface area contributed by atoms with Crippen LogP contribution in [0.5, 0.6) is 5.75 Å². The predicted molar refractivity (Wildman–Crippen MR) is 73.7 cm³/mol. The van der Waals surface area contributed by atoms with Crippen LogP contribution in [0.1, 0.15) is 13.8 Å². The molecule has 9 heteroatoms. The average molecular weight is 329 g/mol. The highest BCUT2D eigenvalue weighted by Gasteiger charge is 2.31. The van der Waals surface area contributed by atoms with Gasteiger partial charge in [0.2, 0.25) is 0 Å². The highest BCUT2D eigenvalue weighted by molar-refractivity contribution is 7.48. The van der Waals surface area contributed by atoms with Gasteiger partial charge in [0.15, 0.2) is 0 Å². The van der Waals surface area contributed by atoms with Crippen LogP contribution >= 0.6 is 31.0 Å². The smallest absolute Gasteiger partial charge is 0.402 e. The van der Waals surface area contributed by atoms with E-state index in [2.05, 4.69) is 11.0 Å². The summed E-state index contributed by atoms with van der Waals surface area (Å²) < 4.78 is 27.2. The minimum atomic E-state index is -3.94. The molecule has 19 heavy (non-hydrogen) atoms. The largest absolute Gasteiger partial charge is 0.563 e. The van der Waals surface area contributed by atoms with Crippen molar-refractivity contribution in [2.45, 2.75) is 24.8 Å². The number of phosphoric acid groups is 1. The number of rotatable bonds is 8. The van der Waals surface area contributed by atoms with Gasteiger partial charge in [-0.05, 0) is 26.0 Å². The molecular formula is C10H15Cl2N2O4P. The molecule has 0 aliphatic heterocycles. The topological polar surface area (TPSA) is 68.8 Å². The molecule has 0 aliphatic carbocycles. The van der Waals surface area contributed by atoms with Crippen LogP contribution in [-0.2, 0) is 13.8 Å². The summed E-state index contributed by atoms with van der Waals surface area (Å²) >= 11 is 11.3. The maximum Gasteiger partial charge on any atom is 0.563 e. The molecule has 2 unspecified atom stereocenters. The Hall–Kier alpha value is -0.330. The molecule has 1 rings (SSSR count). The maximum absolute atomic E-state index is 12.3. The lowest BCUT2D eigenvalue weighted by molar-refractivity contribution is 0.0616. The number of para-hydroxylation sites is 1. The standard InChI is InChI=1S/C10H15Cl2N2O4P/c1-8(11)13-17-19(15,18-14-9(2)12)16-10-6-4-3-5-7-10/h3-9,13-14H,1-2H3. The molecule has 0 fully saturated rings. The Morgan fingerprint density at radius 3 is 1.95 bits per heavy atom. The van der Waals surface area contributed by atoms with Crippen molar-refractivity contribution in [2.24, 2.45) is 0 Å². The first-order valence-electron chi connectivity index (χ1n) is 5.42. The van der Waals surface area contributed by atoms with E-state index in [1.807, 2.05) is 0 Å². The van der Waals surface area contributed by atoms with Crippen molar-refractivity contribution in [1.29, 1.82) is 0 Å². The van der Waals surface area contributed by atoms with Crippen LogP contribution in [0.25, 0.3) is 0 Å². The second-order valence-corrected chi connectivity index (χ2v) is 6.25. The van der Waals surface area contributed by atoms with Crippen molar-refractivity contribution < 1.29 is 18.3 Å². The van der Waals surface area contributed by atoms with E-state index in [1.165, 1.54) is 0 Å². The Bertz CT molecular complexity index is 403. The maximum atomic E-state index is 12.3.